The minimum Gasteiger partial charge on any atom is -0.337 e. The van der Waals surface area contributed by atoms with E-state index in [9.17, 15) is 0 Å². The lowest BCUT2D eigenvalue weighted by molar-refractivity contribution is 0.384. The van der Waals surface area contributed by atoms with Gasteiger partial charge in [-0.3, -0.25) is 0 Å². The Bertz CT molecular complexity index is 316. The summed E-state index contributed by atoms with van der Waals surface area (Å²) in [5, 5.41) is 3.44. The summed E-state index contributed by atoms with van der Waals surface area (Å²) in [6.07, 6.45) is 3.17. The summed E-state index contributed by atoms with van der Waals surface area (Å²) < 4.78 is 2.19. The number of aromatic nitrogens is 2. The Hall–Kier alpha value is -0.830. The van der Waals surface area contributed by atoms with Crippen LogP contribution in [0.1, 0.15) is 37.6 Å². The highest BCUT2D eigenvalue weighted by atomic mass is 15.1. The first kappa shape index (κ1) is 9.71. The summed E-state index contributed by atoms with van der Waals surface area (Å²) in [7, 11) is 2.10. The molecule has 0 saturated heterocycles. The number of fused-ring (bicyclic) bond motifs is 1. The number of hydrogen-bond donors (Lipinski definition) is 1. The molecule has 1 aromatic heterocycles. The maximum atomic E-state index is 4.42. The van der Waals surface area contributed by atoms with Crippen LogP contribution in [-0.4, -0.2) is 16.1 Å². The maximum absolute atomic E-state index is 4.42. The average Bonchev–Trinajstić information content (AvgIpc) is 2.59. The zero-order valence-electron chi connectivity index (χ0n) is 9.25. The van der Waals surface area contributed by atoms with E-state index in [4.69, 9.17) is 0 Å². The quantitative estimate of drug-likeness (QED) is 0.774. The summed E-state index contributed by atoms with van der Waals surface area (Å²) in [6, 6.07) is 0. The van der Waals surface area contributed by atoms with Gasteiger partial charge in [0, 0.05) is 31.7 Å². The van der Waals surface area contributed by atoms with E-state index in [1.807, 2.05) is 6.33 Å². The summed E-state index contributed by atoms with van der Waals surface area (Å²) in [5.74, 6) is 1.37. The van der Waals surface area contributed by atoms with Crippen molar-refractivity contribution in [3.63, 3.8) is 0 Å². The van der Waals surface area contributed by atoms with Gasteiger partial charge >= 0.3 is 0 Å². The van der Waals surface area contributed by atoms with Gasteiger partial charge in [-0.05, 0) is 5.92 Å². The van der Waals surface area contributed by atoms with Gasteiger partial charge in [0.15, 0.2) is 0 Å². The van der Waals surface area contributed by atoms with Crippen LogP contribution in [0, 0.1) is 5.92 Å². The van der Waals surface area contributed by atoms with Gasteiger partial charge in [-0.25, -0.2) is 4.98 Å². The Balaban J connectivity index is 2.34. The highest BCUT2D eigenvalue weighted by Crippen LogP contribution is 2.30. The molecule has 0 aromatic carbocycles. The van der Waals surface area contributed by atoms with Crippen molar-refractivity contribution in [3.8, 4) is 0 Å². The minimum atomic E-state index is 0.635. The van der Waals surface area contributed by atoms with E-state index in [2.05, 4.69) is 35.8 Å². The lowest BCUT2D eigenvalue weighted by Crippen LogP contribution is -2.32. The van der Waals surface area contributed by atoms with E-state index in [-0.39, 0.29) is 0 Å². The number of rotatable bonds is 2. The zero-order chi connectivity index (χ0) is 10.1. The molecule has 0 aliphatic carbocycles. The molecule has 1 aromatic rings. The Morgan fingerprint density at radius 3 is 3.21 bits per heavy atom. The monoisotopic (exact) mass is 193 g/mol. The van der Waals surface area contributed by atoms with Crippen LogP contribution in [0.4, 0.5) is 0 Å². The molecule has 2 atom stereocenters. The van der Waals surface area contributed by atoms with Gasteiger partial charge in [-0.1, -0.05) is 20.3 Å². The Morgan fingerprint density at radius 1 is 1.71 bits per heavy atom. The number of nitrogens with zero attached hydrogens (tertiary/aromatic N) is 2. The molecule has 3 nitrogen and oxygen atoms in total. The highest BCUT2D eigenvalue weighted by Gasteiger charge is 2.27. The maximum Gasteiger partial charge on any atom is 0.0949 e. The van der Waals surface area contributed by atoms with Crippen LogP contribution < -0.4 is 5.32 Å². The van der Waals surface area contributed by atoms with E-state index >= 15 is 0 Å². The van der Waals surface area contributed by atoms with Crippen molar-refractivity contribution in [3.05, 3.63) is 17.7 Å². The van der Waals surface area contributed by atoms with Crippen LogP contribution in [0.25, 0.3) is 0 Å². The van der Waals surface area contributed by atoms with Crippen molar-refractivity contribution in [1.29, 1.82) is 0 Å². The van der Waals surface area contributed by atoms with E-state index in [0.717, 1.165) is 19.0 Å². The largest absolute Gasteiger partial charge is 0.337 e. The first-order valence-corrected chi connectivity index (χ1v) is 5.44. The van der Waals surface area contributed by atoms with Crippen molar-refractivity contribution in [2.45, 2.75) is 32.7 Å². The third-order valence-electron chi connectivity index (χ3n) is 3.40. The van der Waals surface area contributed by atoms with Gasteiger partial charge in [-0.15, -0.1) is 0 Å². The van der Waals surface area contributed by atoms with Crippen molar-refractivity contribution in [1.82, 2.24) is 14.9 Å². The second-order valence-corrected chi connectivity index (χ2v) is 4.31. The van der Waals surface area contributed by atoms with E-state index in [1.165, 1.54) is 17.8 Å². The molecule has 2 heterocycles. The first-order chi connectivity index (χ1) is 6.74. The van der Waals surface area contributed by atoms with Crippen molar-refractivity contribution >= 4 is 0 Å². The number of imidazole rings is 1. The van der Waals surface area contributed by atoms with Crippen LogP contribution in [0.2, 0.25) is 0 Å². The first-order valence-electron chi connectivity index (χ1n) is 5.44. The van der Waals surface area contributed by atoms with Gasteiger partial charge in [0.2, 0.25) is 0 Å². The lowest BCUT2D eigenvalue weighted by Gasteiger charge is -2.28. The van der Waals surface area contributed by atoms with Crippen molar-refractivity contribution in [2.24, 2.45) is 13.0 Å². The molecule has 2 unspecified atom stereocenters. The van der Waals surface area contributed by atoms with Crippen LogP contribution in [0.5, 0.6) is 0 Å². The predicted octanol–water partition coefficient (Wildman–Crippen LogP) is 1.65. The highest BCUT2D eigenvalue weighted by molar-refractivity contribution is 5.22. The fourth-order valence-corrected chi connectivity index (χ4v) is 2.30. The van der Waals surface area contributed by atoms with Crippen LogP contribution in [0.15, 0.2) is 6.33 Å². The SMILES string of the molecule is CCC(C)C1CNCc2ncn(C)c21. The van der Waals surface area contributed by atoms with Crippen molar-refractivity contribution < 1.29 is 0 Å². The van der Waals surface area contributed by atoms with Gasteiger partial charge in [0.25, 0.3) is 0 Å². The minimum absolute atomic E-state index is 0.635. The summed E-state index contributed by atoms with van der Waals surface area (Å²) in [6.45, 7) is 6.62. The molecular weight excluding hydrogens is 174 g/mol. The molecule has 1 aliphatic heterocycles. The van der Waals surface area contributed by atoms with E-state index < -0.39 is 0 Å². The third-order valence-corrected chi connectivity index (χ3v) is 3.40. The molecule has 78 valence electrons. The number of hydrogen-bond acceptors (Lipinski definition) is 2. The molecule has 0 spiro atoms. The van der Waals surface area contributed by atoms with Gasteiger partial charge < -0.3 is 9.88 Å². The summed E-state index contributed by atoms with van der Waals surface area (Å²) >= 11 is 0. The molecule has 0 saturated carbocycles. The fourth-order valence-electron chi connectivity index (χ4n) is 2.30. The topological polar surface area (TPSA) is 29.9 Å². The predicted molar refractivity (Wildman–Crippen MR) is 57.1 cm³/mol. The van der Waals surface area contributed by atoms with Gasteiger partial charge in [0.05, 0.1) is 12.0 Å². The van der Waals surface area contributed by atoms with E-state index in [0.29, 0.717) is 5.92 Å². The van der Waals surface area contributed by atoms with Gasteiger partial charge in [0.1, 0.15) is 0 Å². The Labute approximate surface area is 85.5 Å². The molecule has 3 heteroatoms. The normalized spacial score (nSPS) is 23.2. The molecule has 1 aliphatic rings. The summed E-state index contributed by atoms with van der Waals surface area (Å²) in [4.78, 5) is 4.42. The molecule has 0 fully saturated rings. The Kier molecular flexibility index (Phi) is 2.59. The molecule has 1 N–H and O–H groups in total. The molecule has 0 radical (unpaired) electrons. The smallest absolute Gasteiger partial charge is 0.0949 e. The van der Waals surface area contributed by atoms with E-state index in [1.54, 1.807) is 0 Å². The van der Waals surface area contributed by atoms with Gasteiger partial charge in [-0.2, -0.15) is 0 Å². The standard InChI is InChI=1S/C11H19N3/c1-4-8(2)9-5-12-6-10-11(9)14(3)7-13-10/h7-9,12H,4-6H2,1-3H3. The average molecular weight is 193 g/mol. The number of aryl methyl sites for hydroxylation is 1. The van der Waals surface area contributed by atoms with Crippen LogP contribution >= 0.6 is 0 Å². The molecule has 0 bridgehead atoms. The van der Waals surface area contributed by atoms with Crippen LogP contribution in [0.3, 0.4) is 0 Å². The van der Waals surface area contributed by atoms with Crippen molar-refractivity contribution in [2.75, 3.05) is 6.54 Å². The molecule has 2 rings (SSSR count). The molecule has 14 heavy (non-hydrogen) atoms. The molecular formula is C11H19N3. The second-order valence-electron chi connectivity index (χ2n) is 4.31. The summed E-state index contributed by atoms with van der Waals surface area (Å²) in [5.41, 5.74) is 2.68. The second kappa shape index (κ2) is 3.73. The zero-order valence-corrected chi connectivity index (χ0v) is 9.25. The lowest BCUT2D eigenvalue weighted by atomic mass is 9.86. The number of nitrogens with one attached hydrogen (secondary N) is 1. The Morgan fingerprint density at radius 2 is 2.50 bits per heavy atom. The molecule has 0 amide bonds. The van der Waals surface area contributed by atoms with Crippen LogP contribution in [-0.2, 0) is 13.6 Å². The third kappa shape index (κ3) is 1.46. The fraction of sp³-hybridized carbons (Fsp3) is 0.727.